The van der Waals surface area contributed by atoms with Crippen molar-refractivity contribution in [2.75, 3.05) is 11.9 Å². The first-order valence-corrected chi connectivity index (χ1v) is 5.81. The standard InChI is InChI=1S/C14H15NO3/c1-2-18-14(17)13(16)15-12-9-5-7-10-6-3-4-8-11(10)12/h3-9,13,15-16H,2H2,1H3. The zero-order chi connectivity index (χ0) is 13.0. The van der Waals surface area contributed by atoms with Crippen LogP contribution in [-0.4, -0.2) is 23.9 Å². The minimum absolute atomic E-state index is 0.243. The van der Waals surface area contributed by atoms with E-state index in [9.17, 15) is 9.90 Å². The van der Waals surface area contributed by atoms with Crippen molar-refractivity contribution in [3.63, 3.8) is 0 Å². The fourth-order valence-electron chi connectivity index (χ4n) is 1.78. The van der Waals surface area contributed by atoms with E-state index in [2.05, 4.69) is 5.32 Å². The summed E-state index contributed by atoms with van der Waals surface area (Å²) in [5.74, 6) is -0.676. The lowest BCUT2D eigenvalue weighted by Gasteiger charge is -2.14. The predicted octanol–water partition coefficient (Wildman–Crippen LogP) is 2.13. The molecule has 0 aliphatic carbocycles. The molecule has 2 aromatic rings. The molecule has 18 heavy (non-hydrogen) atoms. The Labute approximate surface area is 105 Å². The maximum Gasteiger partial charge on any atom is 0.356 e. The van der Waals surface area contributed by atoms with Crippen LogP contribution in [0.1, 0.15) is 6.92 Å². The maximum absolute atomic E-state index is 11.3. The number of hydrogen-bond donors (Lipinski definition) is 2. The summed E-state index contributed by atoms with van der Waals surface area (Å²) in [7, 11) is 0. The van der Waals surface area contributed by atoms with Crippen LogP contribution in [0.5, 0.6) is 0 Å². The smallest absolute Gasteiger partial charge is 0.356 e. The molecule has 0 amide bonds. The number of ether oxygens (including phenoxy) is 1. The number of esters is 1. The molecule has 0 heterocycles. The number of benzene rings is 2. The van der Waals surface area contributed by atoms with Gasteiger partial charge in [-0.3, -0.25) is 0 Å². The van der Waals surface area contributed by atoms with Gasteiger partial charge in [0.1, 0.15) is 0 Å². The highest BCUT2D eigenvalue weighted by molar-refractivity contribution is 5.95. The highest BCUT2D eigenvalue weighted by Gasteiger charge is 2.16. The normalized spacial score (nSPS) is 12.1. The molecular weight excluding hydrogens is 230 g/mol. The molecule has 2 aromatic carbocycles. The van der Waals surface area contributed by atoms with Gasteiger partial charge in [-0.15, -0.1) is 0 Å². The number of carbonyl (C=O) groups is 1. The molecule has 4 nitrogen and oxygen atoms in total. The molecule has 2 rings (SSSR count). The summed E-state index contributed by atoms with van der Waals surface area (Å²) in [6.45, 7) is 1.94. The number of nitrogens with one attached hydrogen (secondary N) is 1. The van der Waals surface area contributed by atoms with Gasteiger partial charge in [-0.25, -0.2) is 4.79 Å². The molecule has 0 saturated carbocycles. The van der Waals surface area contributed by atoms with Crippen molar-refractivity contribution in [2.24, 2.45) is 0 Å². The third-order valence-corrected chi connectivity index (χ3v) is 2.59. The topological polar surface area (TPSA) is 58.6 Å². The number of hydrogen-bond acceptors (Lipinski definition) is 4. The average molecular weight is 245 g/mol. The Hall–Kier alpha value is -2.07. The Morgan fingerprint density at radius 3 is 2.78 bits per heavy atom. The van der Waals surface area contributed by atoms with E-state index in [1.54, 1.807) is 6.92 Å². The first-order chi connectivity index (χ1) is 8.72. The fourth-order valence-corrected chi connectivity index (χ4v) is 1.78. The summed E-state index contributed by atoms with van der Waals surface area (Å²) in [5, 5.41) is 14.4. The van der Waals surface area contributed by atoms with Crippen LogP contribution in [0.15, 0.2) is 42.5 Å². The number of rotatable bonds is 4. The minimum atomic E-state index is -1.35. The Morgan fingerprint density at radius 1 is 1.28 bits per heavy atom. The maximum atomic E-state index is 11.3. The molecule has 4 heteroatoms. The second-order valence-corrected chi connectivity index (χ2v) is 3.83. The van der Waals surface area contributed by atoms with Gasteiger partial charge in [-0.1, -0.05) is 36.4 Å². The van der Waals surface area contributed by atoms with Crippen molar-refractivity contribution in [2.45, 2.75) is 13.2 Å². The summed E-state index contributed by atoms with van der Waals surface area (Å²) in [5.41, 5.74) is 0.702. The van der Waals surface area contributed by atoms with Crippen molar-refractivity contribution < 1.29 is 14.6 Å². The van der Waals surface area contributed by atoms with E-state index in [4.69, 9.17) is 4.74 Å². The Kier molecular flexibility index (Phi) is 3.79. The largest absolute Gasteiger partial charge is 0.463 e. The van der Waals surface area contributed by atoms with Crippen molar-refractivity contribution in [3.8, 4) is 0 Å². The van der Waals surface area contributed by atoms with Crippen LogP contribution in [-0.2, 0) is 9.53 Å². The summed E-state index contributed by atoms with van der Waals surface area (Å²) in [6.07, 6.45) is -1.35. The van der Waals surface area contributed by atoms with E-state index in [0.29, 0.717) is 5.69 Å². The highest BCUT2D eigenvalue weighted by Crippen LogP contribution is 2.23. The molecular formula is C14H15NO3. The van der Waals surface area contributed by atoms with Gasteiger partial charge in [0, 0.05) is 11.1 Å². The summed E-state index contributed by atoms with van der Waals surface area (Å²) in [4.78, 5) is 11.3. The minimum Gasteiger partial charge on any atom is -0.463 e. The number of aliphatic hydroxyl groups is 1. The van der Waals surface area contributed by atoms with Crippen LogP contribution in [0, 0.1) is 0 Å². The van der Waals surface area contributed by atoms with Crippen LogP contribution < -0.4 is 5.32 Å². The third-order valence-electron chi connectivity index (χ3n) is 2.59. The molecule has 0 aromatic heterocycles. The van der Waals surface area contributed by atoms with Crippen LogP contribution in [0.4, 0.5) is 5.69 Å². The molecule has 0 saturated heterocycles. The molecule has 94 valence electrons. The number of anilines is 1. The Morgan fingerprint density at radius 2 is 2.00 bits per heavy atom. The summed E-state index contributed by atoms with van der Waals surface area (Å²) < 4.78 is 4.74. The first-order valence-electron chi connectivity index (χ1n) is 5.81. The second-order valence-electron chi connectivity index (χ2n) is 3.83. The van der Waals surface area contributed by atoms with Crippen LogP contribution >= 0.6 is 0 Å². The van der Waals surface area contributed by atoms with Gasteiger partial charge in [0.15, 0.2) is 0 Å². The first kappa shape index (κ1) is 12.4. The van der Waals surface area contributed by atoms with E-state index >= 15 is 0 Å². The quantitative estimate of drug-likeness (QED) is 0.640. The summed E-state index contributed by atoms with van der Waals surface area (Å²) >= 11 is 0. The van der Waals surface area contributed by atoms with Gasteiger partial charge < -0.3 is 15.2 Å². The molecule has 0 fully saturated rings. The van der Waals surface area contributed by atoms with Crippen molar-refractivity contribution >= 4 is 22.4 Å². The molecule has 1 unspecified atom stereocenters. The van der Waals surface area contributed by atoms with Crippen molar-refractivity contribution in [1.29, 1.82) is 0 Å². The second kappa shape index (κ2) is 5.51. The predicted molar refractivity (Wildman–Crippen MR) is 70.2 cm³/mol. The molecule has 1 atom stereocenters. The van der Waals surface area contributed by atoms with Gasteiger partial charge in [0.2, 0.25) is 6.23 Å². The van der Waals surface area contributed by atoms with Crippen molar-refractivity contribution in [1.82, 2.24) is 0 Å². The van der Waals surface area contributed by atoms with E-state index in [1.165, 1.54) is 0 Å². The van der Waals surface area contributed by atoms with E-state index in [-0.39, 0.29) is 6.61 Å². The van der Waals surface area contributed by atoms with Crippen LogP contribution in [0.2, 0.25) is 0 Å². The number of fused-ring (bicyclic) bond motifs is 1. The van der Waals surface area contributed by atoms with Gasteiger partial charge in [0.25, 0.3) is 0 Å². The summed E-state index contributed by atoms with van der Waals surface area (Å²) in [6, 6.07) is 13.4. The van der Waals surface area contributed by atoms with Crippen LogP contribution in [0.3, 0.4) is 0 Å². The third kappa shape index (κ3) is 2.60. The average Bonchev–Trinajstić information content (AvgIpc) is 2.39. The molecule has 2 N–H and O–H groups in total. The number of carbonyl (C=O) groups excluding carboxylic acids is 1. The van der Waals surface area contributed by atoms with E-state index < -0.39 is 12.2 Å². The molecule has 0 radical (unpaired) electrons. The molecule has 0 spiro atoms. The van der Waals surface area contributed by atoms with Gasteiger partial charge in [-0.2, -0.15) is 0 Å². The molecule has 0 bridgehead atoms. The van der Waals surface area contributed by atoms with Crippen molar-refractivity contribution in [3.05, 3.63) is 42.5 Å². The lowest BCUT2D eigenvalue weighted by molar-refractivity contribution is -0.151. The fraction of sp³-hybridized carbons (Fsp3) is 0.214. The Balaban J connectivity index is 2.24. The van der Waals surface area contributed by atoms with E-state index in [0.717, 1.165) is 10.8 Å². The molecule has 0 aliphatic heterocycles. The van der Waals surface area contributed by atoms with Gasteiger partial charge in [0.05, 0.1) is 6.61 Å². The SMILES string of the molecule is CCOC(=O)C(O)Nc1cccc2ccccc12. The van der Waals surface area contributed by atoms with Gasteiger partial charge >= 0.3 is 5.97 Å². The molecule has 0 aliphatic rings. The van der Waals surface area contributed by atoms with E-state index in [1.807, 2.05) is 42.5 Å². The number of aliphatic hydroxyl groups excluding tert-OH is 1. The monoisotopic (exact) mass is 245 g/mol. The zero-order valence-corrected chi connectivity index (χ0v) is 10.1. The lowest BCUT2D eigenvalue weighted by atomic mass is 10.1. The van der Waals surface area contributed by atoms with Crippen LogP contribution in [0.25, 0.3) is 10.8 Å². The lowest BCUT2D eigenvalue weighted by Crippen LogP contribution is -2.30. The Bertz CT molecular complexity index is 548. The zero-order valence-electron chi connectivity index (χ0n) is 10.1. The van der Waals surface area contributed by atoms with Gasteiger partial charge in [-0.05, 0) is 18.4 Å². The highest BCUT2D eigenvalue weighted by atomic mass is 16.5.